The molecule has 0 bridgehead atoms. The van der Waals surface area contributed by atoms with E-state index in [-0.39, 0.29) is 42.2 Å². The zero-order chi connectivity index (χ0) is 15.7. The number of nitrogens with zero attached hydrogens (tertiary/aromatic N) is 2. The van der Waals surface area contributed by atoms with Crippen LogP contribution in [0.1, 0.15) is 58.3 Å². The van der Waals surface area contributed by atoms with Gasteiger partial charge in [0.2, 0.25) is 11.8 Å². The van der Waals surface area contributed by atoms with Crippen molar-refractivity contribution in [1.82, 2.24) is 9.80 Å². The number of amides is 2. The maximum absolute atomic E-state index is 12.9. The van der Waals surface area contributed by atoms with Crippen LogP contribution >= 0.6 is 12.4 Å². The molecule has 0 spiro atoms. The zero-order valence-electron chi connectivity index (χ0n) is 14.1. The van der Waals surface area contributed by atoms with E-state index in [4.69, 9.17) is 5.73 Å². The van der Waals surface area contributed by atoms with E-state index >= 15 is 0 Å². The molecule has 0 aromatic rings. The number of rotatable bonds is 3. The Bertz CT molecular complexity index is 438. The van der Waals surface area contributed by atoms with Gasteiger partial charge in [0.05, 0.1) is 5.92 Å². The van der Waals surface area contributed by atoms with Gasteiger partial charge in [-0.25, -0.2) is 0 Å². The number of halogens is 1. The lowest BCUT2D eigenvalue weighted by Gasteiger charge is -2.39. The first kappa shape index (κ1) is 18.5. The van der Waals surface area contributed by atoms with Crippen molar-refractivity contribution in [1.29, 1.82) is 0 Å². The van der Waals surface area contributed by atoms with Gasteiger partial charge >= 0.3 is 0 Å². The Morgan fingerprint density at radius 3 is 2.48 bits per heavy atom. The molecule has 0 aromatic heterocycles. The quantitative estimate of drug-likeness (QED) is 0.851. The molecular formula is C17H30ClN3O2. The minimum absolute atomic E-state index is 0. The average molecular weight is 344 g/mol. The molecule has 3 aliphatic rings. The summed E-state index contributed by atoms with van der Waals surface area (Å²) < 4.78 is 0. The molecule has 1 aliphatic carbocycles. The van der Waals surface area contributed by atoms with E-state index in [9.17, 15) is 9.59 Å². The second kappa shape index (κ2) is 7.84. The average Bonchev–Trinajstić information content (AvgIpc) is 3.15. The summed E-state index contributed by atoms with van der Waals surface area (Å²) in [5.41, 5.74) is 6.08. The molecule has 2 N–H and O–H groups in total. The minimum Gasteiger partial charge on any atom is -0.339 e. The van der Waals surface area contributed by atoms with Gasteiger partial charge in [-0.2, -0.15) is 0 Å². The number of carbonyl (C=O) groups excluding carboxylic acids is 2. The maximum Gasteiger partial charge on any atom is 0.228 e. The monoisotopic (exact) mass is 343 g/mol. The topological polar surface area (TPSA) is 66.6 Å². The van der Waals surface area contributed by atoms with Gasteiger partial charge < -0.3 is 15.5 Å². The van der Waals surface area contributed by atoms with Crippen molar-refractivity contribution in [3.63, 3.8) is 0 Å². The third kappa shape index (κ3) is 3.82. The third-order valence-electron chi connectivity index (χ3n) is 5.71. The molecule has 23 heavy (non-hydrogen) atoms. The highest BCUT2D eigenvalue weighted by atomic mass is 35.5. The molecular weight excluding hydrogens is 314 g/mol. The molecule has 2 saturated heterocycles. The SMILES string of the molecule is CC(N)C1CCCCN1C(=O)C1CC(=O)N(C2CCCC2)C1.Cl. The van der Waals surface area contributed by atoms with Gasteiger partial charge in [0.1, 0.15) is 0 Å². The van der Waals surface area contributed by atoms with Gasteiger partial charge in [-0.3, -0.25) is 9.59 Å². The summed E-state index contributed by atoms with van der Waals surface area (Å²) in [4.78, 5) is 29.2. The Morgan fingerprint density at radius 1 is 1.17 bits per heavy atom. The molecule has 1 saturated carbocycles. The molecule has 3 rings (SSSR count). The van der Waals surface area contributed by atoms with Crippen LogP contribution in [0.3, 0.4) is 0 Å². The number of nitrogens with two attached hydrogens (primary N) is 1. The van der Waals surface area contributed by atoms with Crippen LogP contribution in [0.5, 0.6) is 0 Å². The lowest BCUT2D eigenvalue weighted by atomic mass is 9.94. The van der Waals surface area contributed by atoms with Crippen molar-refractivity contribution in [3.8, 4) is 0 Å². The standard InChI is InChI=1S/C17H29N3O2.ClH/c1-12(18)15-8-4-5-9-19(15)17(22)13-10-16(21)20(11-13)14-6-2-3-7-14;/h12-15H,2-11,18H2,1H3;1H. The first-order chi connectivity index (χ1) is 10.6. The van der Waals surface area contributed by atoms with E-state index in [2.05, 4.69) is 0 Å². The number of likely N-dealkylation sites (tertiary alicyclic amines) is 2. The van der Waals surface area contributed by atoms with E-state index in [1.54, 1.807) is 0 Å². The van der Waals surface area contributed by atoms with E-state index in [0.29, 0.717) is 19.0 Å². The predicted octanol–water partition coefficient (Wildman–Crippen LogP) is 1.93. The summed E-state index contributed by atoms with van der Waals surface area (Å²) in [6.45, 7) is 3.42. The third-order valence-corrected chi connectivity index (χ3v) is 5.71. The molecule has 3 atom stereocenters. The summed E-state index contributed by atoms with van der Waals surface area (Å²) in [7, 11) is 0. The second-order valence-electron chi connectivity index (χ2n) is 7.34. The first-order valence-electron chi connectivity index (χ1n) is 8.93. The number of piperidine rings is 1. The Labute approximate surface area is 145 Å². The summed E-state index contributed by atoms with van der Waals surface area (Å²) in [5.74, 6) is 0.197. The molecule has 5 nitrogen and oxygen atoms in total. The molecule has 132 valence electrons. The van der Waals surface area contributed by atoms with E-state index in [1.807, 2.05) is 16.7 Å². The highest BCUT2D eigenvalue weighted by Gasteiger charge is 2.42. The second-order valence-corrected chi connectivity index (χ2v) is 7.34. The summed E-state index contributed by atoms with van der Waals surface area (Å²) >= 11 is 0. The van der Waals surface area contributed by atoms with E-state index in [0.717, 1.165) is 38.6 Å². The van der Waals surface area contributed by atoms with Gasteiger partial charge in [-0.05, 0) is 39.0 Å². The van der Waals surface area contributed by atoms with Crippen LogP contribution in [-0.2, 0) is 9.59 Å². The number of hydrogen-bond acceptors (Lipinski definition) is 3. The summed E-state index contributed by atoms with van der Waals surface area (Å²) in [6.07, 6.45) is 8.25. The van der Waals surface area contributed by atoms with E-state index < -0.39 is 0 Å². The maximum atomic E-state index is 12.9. The van der Waals surface area contributed by atoms with Crippen LogP contribution in [-0.4, -0.2) is 52.8 Å². The molecule has 0 radical (unpaired) electrons. The zero-order valence-corrected chi connectivity index (χ0v) is 14.9. The van der Waals surface area contributed by atoms with Crippen LogP contribution in [0.15, 0.2) is 0 Å². The van der Waals surface area contributed by atoms with Gasteiger partial charge in [0.15, 0.2) is 0 Å². The highest BCUT2D eigenvalue weighted by molar-refractivity contribution is 5.89. The highest BCUT2D eigenvalue weighted by Crippen LogP contribution is 2.31. The molecule has 3 unspecified atom stereocenters. The fraction of sp³-hybridized carbons (Fsp3) is 0.882. The molecule has 6 heteroatoms. The smallest absolute Gasteiger partial charge is 0.228 e. The van der Waals surface area contributed by atoms with Crippen molar-refractivity contribution in [3.05, 3.63) is 0 Å². The van der Waals surface area contributed by atoms with Crippen molar-refractivity contribution < 1.29 is 9.59 Å². The Morgan fingerprint density at radius 2 is 1.83 bits per heavy atom. The summed E-state index contributed by atoms with van der Waals surface area (Å²) in [6, 6.07) is 0.542. The van der Waals surface area contributed by atoms with Gasteiger partial charge in [0.25, 0.3) is 0 Å². The fourth-order valence-electron chi connectivity index (χ4n) is 4.48. The van der Waals surface area contributed by atoms with Crippen molar-refractivity contribution in [2.75, 3.05) is 13.1 Å². The lowest BCUT2D eigenvalue weighted by Crippen LogP contribution is -2.53. The normalized spacial score (nSPS) is 30.4. The predicted molar refractivity (Wildman–Crippen MR) is 92.3 cm³/mol. The minimum atomic E-state index is -0.146. The van der Waals surface area contributed by atoms with Crippen LogP contribution in [0, 0.1) is 5.92 Å². The van der Waals surface area contributed by atoms with Crippen LogP contribution in [0.25, 0.3) is 0 Å². The van der Waals surface area contributed by atoms with Gasteiger partial charge in [0, 0.05) is 37.6 Å². The molecule has 0 aromatic carbocycles. The number of hydrogen-bond donors (Lipinski definition) is 1. The first-order valence-corrected chi connectivity index (χ1v) is 8.93. The van der Waals surface area contributed by atoms with Crippen LogP contribution in [0.4, 0.5) is 0 Å². The molecule has 2 aliphatic heterocycles. The molecule has 3 fully saturated rings. The fourth-order valence-corrected chi connectivity index (χ4v) is 4.48. The van der Waals surface area contributed by atoms with E-state index in [1.165, 1.54) is 12.8 Å². The number of carbonyl (C=O) groups is 2. The van der Waals surface area contributed by atoms with Gasteiger partial charge in [-0.1, -0.05) is 12.8 Å². The summed E-state index contributed by atoms with van der Waals surface area (Å²) in [5, 5.41) is 0. The van der Waals surface area contributed by atoms with Gasteiger partial charge in [-0.15, -0.1) is 12.4 Å². The van der Waals surface area contributed by atoms with Crippen molar-refractivity contribution in [2.45, 2.75) is 76.4 Å². The molecule has 2 amide bonds. The Balaban J connectivity index is 0.00000192. The largest absolute Gasteiger partial charge is 0.339 e. The molecule has 2 heterocycles. The van der Waals surface area contributed by atoms with Crippen LogP contribution < -0.4 is 5.73 Å². The van der Waals surface area contributed by atoms with Crippen molar-refractivity contribution >= 4 is 24.2 Å². The Kier molecular flexibility index (Phi) is 6.32. The Hall–Kier alpha value is -0.810. The van der Waals surface area contributed by atoms with Crippen LogP contribution in [0.2, 0.25) is 0 Å². The van der Waals surface area contributed by atoms with Crippen molar-refractivity contribution in [2.24, 2.45) is 11.7 Å². The lowest BCUT2D eigenvalue weighted by molar-refractivity contribution is -0.139.